The van der Waals surface area contributed by atoms with Gasteiger partial charge < -0.3 is 21.7 Å². The summed E-state index contributed by atoms with van der Waals surface area (Å²) in [6.45, 7) is 0. The third kappa shape index (κ3) is 10.6. The van der Waals surface area contributed by atoms with Crippen molar-refractivity contribution in [2.24, 2.45) is 0 Å². The lowest BCUT2D eigenvalue weighted by atomic mass is 10.7. The molecule has 1 rings (SSSR count). The van der Waals surface area contributed by atoms with E-state index in [0.29, 0.717) is 6.04 Å². The number of hydrogen-bond donors (Lipinski definition) is 1. The van der Waals surface area contributed by atoms with Crippen LogP contribution in [0.25, 0.3) is 0 Å². The zero-order valence-electron chi connectivity index (χ0n) is 5.39. The van der Waals surface area contributed by atoms with Crippen molar-refractivity contribution in [3.8, 4) is 0 Å². The average molecular weight is 176 g/mol. The van der Waals surface area contributed by atoms with Gasteiger partial charge in [-0.15, -0.1) is 12.4 Å². The van der Waals surface area contributed by atoms with Crippen LogP contribution in [-0.4, -0.2) is 28.9 Å². The first kappa shape index (κ1) is 22.6. The van der Waals surface area contributed by atoms with Gasteiger partial charge in [-0.25, -0.2) is 0 Å². The second-order valence-electron chi connectivity index (χ2n) is 1.56. The largest absolute Gasteiger partial charge is 0.412 e. The van der Waals surface area contributed by atoms with Crippen LogP contribution in [0.15, 0.2) is 0 Å². The summed E-state index contributed by atoms with van der Waals surface area (Å²) in [7, 11) is 0. The minimum atomic E-state index is 0. The summed E-state index contributed by atoms with van der Waals surface area (Å²) in [5, 5.41) is 2.64. The van der Waals surface area contributed by atoms with E-state index in [-0.39, 0.29) is 28.8 Å². The maximum atomic E-state index is 9.54. The van der Waals surface area contributed by atoms with E-state index in [1.807, 2.05) is 0 Å². The van der Waals surface area contributed by atoms with Crippen LogP contribution in [0.5, 0.6) is 0 Å². The molecule has 0 unspecified atom stereocenters. The first-order valence-electron chi connectivity index (χ1n) is 2.13. The number of amides is 1. The topological polar surface area (TPSA) is 124 Å². The Labute approximate surface area is 65.1 Å². The number of carbonyl (C=O) groups excluding carboxylic acids is 1. The van der Waals surface area contributed by atoms with Gasteiger partial charge in [-0.05, 0) is 12.8 Å². The molecule has 0 heterocycles. The number of rotatable bonds is 2. The molecule has 1 aliphatic rings. The van der Waals surface area contributed by atoms with Gasteiger partial charge in [0.25, 0.3) is 0 Å². The second kappa shape index (κ2) is 11.4. The van der Waals surface area contributed by atoms with E-state index in [1.54, 1.807) is 0 Å². The zero-order chi connectivity index (χ0) is 4.41. The van der Waals surface area contributed by atoms with Gasteiger partial charge in [-0.1, -0.05) is 0 Å². The molecule has 1 fully saturated rings. The third-order valence-corrected chi connectivity index (χ3v) is 0.881. The van der Waals surface area contributed by atoms with Gasteiger partial charge in [0, 0.05) is 6.04 Å². The number of hydrogen-bond acceptors (Lipinski definition) is 1. The van der Waals surface area contributed by atoms with Crippen molar-refractivity contribution in [1.82, 2.24) is 5.32 Å². The molecule has 5 nitrogen and oxygen atoms in total. The molecule has 1 amide bonds. The summed E-state index contributed by atoms with van der Waals surface area (Å²) in [5.74, 6) is 0. The highest BCUT2D eigenvalue weighted by molar-refractivity contribution is 5.85. The molecule has 0 aliphatic heterocycles. The lowest BCUT2D eigenvalue weighted by molar-refractivity contribution is -0.109. The Bertz CT molecular complexity index is 68.3. The Morgan fingerprint density at radius 3 is 1.70 bits per heavy atom. The van der Waals surface area contributed by atoms with Gasteiger partial charge in [0.2, 0.25) is 6.41 Å². The third-order valence-electron chi connectivity index (χ3n) is 0.881. The van der Waals surface area contributed by atoms with Gasteiger partial charge in [0.1, 0.15) is 0 Å². The van der Waals surface area contributed by atoms with Crippen LogP contribution in [0.1, 0.15) is 12.8 Å². The van der Waals surface area contributed by atoms with Crippen LogP contribution in [0, 0.1) is 0 Å². The Kier molecular flexibility index (Phi) is 25.9. The van der Waals surface area contributed by atoms with E-state index in [9.17, 15) is 4.79 Å². The van der Waals surface area contributed by atoms with Gasteiger partial charge in [-0.2, -0.15) is 0 Å². The van der Waals surface area contributed by atoms with Gasteiger partial charge in [-0.3, -0.25) is 4.79 Å². The molecular formula is C4H14ClNO4. The summed E-state index contributed by atoms with van der Waals surface area (Å²) < 4.78 is 0. The van der Waals surface area contributed by atoms with E-state index in [0.717, 1.165) is 6.41 Å². The molecule has 0 atom stereocenters. The molecule has 0 radical (unpaired) electrons. The fraction of sp³-hybridized carbons (Fsp3) is 0.750. The van der Waals surface area contributed by atoms with E-state index in [2.05, 4.69) is 5.32 Å². The van der Waals surface area contributed by atoms with Crippen molar-refractivity contribution in [3.05, 3.63) is 0 Å². The molecule has 10 heavy (non-hydrogen) atoms. The summed E-state index contributed by atoms with van der Waals surface area (Å²) in [5.41, 5.74) is 0. The summed E-state index contributed by atoms with van der Waals surface area (Å²) >= 11 is 0. The highest BCUT2D eigenvalue weighted by Gasteiger charge is 2.18. The normalized spacial score (nSPS) is 12.0. The smallest absolute Gasteiger partial charge is 0.207 e. The van der Waals surface area contributed by atoms with Gasteiger partial charge in [0.05, 0.1) is 0 Å². The molecular weight excluding hydrogens is 162 g/mol. The SMILES string of the molecule is Cl.O.O.O.O=CNC1CC1. The highest BCUT2D eigenvalue weighted by atomic mass is 35.5. The fourth-order valence-corrected chi connectivity index (χ4v) is 0.346. The molecule has 0 saturated heterocycles. The van der Waals surface area contributed by atoms with Crippen molar-refractivity contribution in [2.45, 2.75) is 18.9 Å². The standard InChI is InChI=1S/C4H7NO.ClH.3H2O/c6-3-5-4-1-2-4;;;;/h3-4H,1-2H2,(H,5,6);1H;3*1H2. The quantitative estimate of drug-likeness (QED) is 0.472. The number of carbonyl (C=O) groups is 1. The fourth-order valence-electron chi connectivity index (χ4n) is 0.346. The van der Waals surface area contributed by atoms with Crippen LogP contribution < -0.4 is 5.32 Å². The number of nitrogens with one attached hydrogen (secondary N) is 1. The van der Waals surface area contributed by atoms with E-state index >= 15 is 0 Å². The van der Waals surface area contributed by atoms with Crippen molar-refractivity contribution < 1.29 is 21.2 Å². The minimum Gasteiger partial charge on any atom is -0.412 e. The molecule has 0 spiro atoms. The molecule has 0 aromatic carbocycles. The molecule has 6 heteroatoms. The van der Waals surface area contributed by atoms with Crippen LogP contribution in [-0.2, 0) is 4.79 Å². The first-order chi connectivity index (χ1) is 2.93. The van der Waals surface area contributed by atoms with Gasteiger partial charge in [0.15, 0.2) is 0 Å². The lowest BCUT2D eigenvalue weighted by Gasteiger charge is -1.82. The van der Waals surface area contributed by atoms with Gasteiger partial charge >= 0.3 is 0 Å². The predicted octanol–water partition coefficient (Wildman–Crippen LogP) is -2.16. The van der Waals surface area contributed by atoms with Crippen molar-refractivity contribution in [2.75, 3.05) is 0 Å². The molecule has 1 aliphatic carbocycles. The lowest BCUT2D eigenvalue weighted by Crippen LogP contribution is -2.11. The van der Waals surface area contributed by atoms with E-state index in [1.165, 1.54) is 12.8 Å². The highest BCUT2D eigenvalue weighted by Crippen LogP contribution is 2.17. The molecule has 7 N–H and O–H groups in total. The Morgan fingerprint density at radius 1 is 1.20 bits per heavy atom. The maximum absolute atomic E-state index is 9.54. The Morgan fingerprint density at radius 2 is 1.60 bits per heavy atom. The van der Waals surface area contributed by atoms with Crippen LogP contribution in [0.2, 0.25) is 0 Å². The summed E-state index contributed by atoms with van der Waals surface area (Å²) in [6.07, 6.45) is 3.12. The molecule has 0 bridgehead atoms. The molecule has 0 aromatic rings. The number of halogens is 1. The summed E-state index contributed by atoms with van der Waals surface area (Å²) in [6, 6.07) is 0.530. The minimum absolute atomic E-state index is 0. The van der Waals surface area contributed by atoms with Crippen LogP contribution >= 0.6 is 12.4 Å². The maximum Gasteiger partial charge on any atom is 0.207 e. The molecule has 0 aromatic heterocycles. The molecule has 66 valence electrons. The van der Waals surface area contributed by atoms with Crippen molar-refractivity contribution in [1.29, 1.82) is 0 Å². The predicted molar refractivity (Wildman–Crippen MR) is 40.3 cm³/mol. The van der Waals surface area contributed by atoms with Crippen molar-refractivity contribution in [3.63, 3.8) is 0 Å². The Balaban J connectivity index is -0.0000000450. The van der Waals surface area contributed by atoms with Crippen molar-refractivity contribution >= 4 is 18.8 Å². The summed E-state index contributed by atoms with van der Waals surface area (Å²) in [4.78, 5) is 9.54. The average Bonchev–Trinajstić information content (AvgIpc) is 2.21. The van der Waals surface area contributed by atoms with E-state index < -0.39 is 0 Å². The zero-order valence-corrected chi connectivity index (χ0v) is 6.20. The second-order valence-corrected chi connectivity index (χ2v) is 1.56. The van der Waals surface area contributed by atoms with Crippen LogP contribution in [0.4, 0.5) is 0 Å². The van der Waals surface area contributed by atoms with E-state index in [4.69, 9.17) is 0 Å². The molecule has 1 saturated carbocycles. The first-order valence-corrected chi connectivity index (χ1v) is 2.13. The Hall–Kier alpha value is -0.360. The van der Waals surface area contributed by atoms with Crippen LogP contribution in [0.3, 0.4) is 0 Å². The monoisotopic (exact) mass is 175 g/mol.